The molecule has 540 valence electrons. The van der Waals surface area contributed by atoms with Crippen molar-refractivity contribution in [3.63, 3.8) is 0 Å². The lowest BCUT2D eigenvalue weighted by molar-refractivity contribution is -0.157. The molecule has 0 spiro atoms. The van der Waals surface area contributed by atoms with Crippen molar-refractivity contribution in [3.05, 3.63) is 12.2 Å². The molecule has 26 heteroatoms. The van der Waals surface area contributed by atoms with Crippen LogP contribution in [-0.4, -0.2) is 260 Å². The van der Waals surface area contributed by atoms with Crippen molar-refractivity contribution in [2.24, 2.45) is 35.5 Å². The SMILES string of the molecule is C/C=C/C[C@@H](C)[C@@H](O)[C@H]1C(=O)N[C@@H](CC)C(=O)N(C)[C@H](CSCCC[C@H](C)O)C(=O)N(C)[C@@H](CC(C)(C)O)C(=O)N[C@@H](C(C)C)C(=O)N(C)[C@@H](CC(C)C)C(=O)N[C@@H](C)C(=O)N[C@H](C)C(=O)N(C)[C@@H](CC(C)C)C(=O)N(C)[C@@H](CC(C)C)C(=O)N(C)[C@@H](C(C)C)C(=O)N1C. The molecule has 14 atom stereocenters. The third-order valence-electron chi connectivity index (χ3n) is 17.6. The lowest BCUT2D eigenvalue weighted by Crippen LogP contribution is -2.64. The van der Waals surface area contributed by atoms with Gasteiger partial charge in [-0.05, 0) is 128 Å². The number of allylic oxidation sites excluding steroid dienone is 2. The van der Waals surface area contributed by atoms with E-state index in [1.165, 1.54) is 113 Å². The van der Waals surface area contributed by atoms with Gasteiger partial charge in [0.05, 0.1) is 17.8 Å². The zero-order valence-electron chi connectivity index (χ0n) is 61.6. The molecule has 0 aromatic rings. The van der Waals surface area contributed by atoms with Gasteiger partial charge in [-0.2, -0.15) is 11.8 Å². The number of carbonyl (C=O) groups is 11. The first-order valence-corrected chi connectivity index (χ1v) is 34.8. The number of thioether (sulfide) groups is 1. The summed E-state index contributed by atoms with van der Waals surface area (Å²) in [5.41, 5.74) is -1.60. The van der Waals surface area contributed by atoms with Crippen LogP contribution in [-0.2, 0) is 52.7 Å². The average molecular weight is 1350 g/mol. The summed E-state index contributed by atoms with van der Waals surface area (Å²) < 4.78 is 0. The van der Waals surface area contributed by atoms with Gasteiger partial charge in [0.25, 0.3) is 0 Å². The zero-order chi connectivity index (χ0) is 72.9. The van der Waals surface area contributed by atoms with Crippen molar-refractivity contribution in [1.29, 1.82) is 0 Å². The Morgan fingerprint density at radius 2 is 0.936 bits per heavy atom. The van der Waals surface area contributed by atoms with Crippen LogP contribution in [0, 0.1) is 35.5 Å². The predicted octanol–water partition coefficient (Wildman–Crippen LogP) is 3.65. The van der Waals surface area contributed by atoms with Gasteiger partial charge < -0.3 is 70.9 Å². The summed E-state index contributed by atoms with van der Waals surface area (Å²) in [5.74, 6) is -10.1. The largest absolute Gasteiger partial charge is 0.393 e. The number of amides is 11. The fourth-order valence-corrected chi connectivity index (χ4v) is 12.8. The van der Waals surface area contributed by atoms with Gasteiger partial charge in [-0.25, -0.2) is 0 Å². The number of rotatable bonds is 21. The lowest BCUT2D eigenvalue weighted by atomic mass is 9.91. The second-order valence-corrected chi connectivity index (χ2v) is 29.9. The highest BCUT2D eigenvalue weighted by atomic mass is 32.2. The van der Waals surface area contributed by atoms with Gasteiger partial charge in [0.2, 0.25) is 65.0 Å². The fraction of sp³-hybridized carbons (Fsp3) is 0.809. The molecule has 0 bridgehead atoms. The van der Waals surface area contributed by atoms with Crippen LogP contribution in [0.4, 0.5) is 0 Å². The minimum atomic E-state index is -1.67. The van der Waals surface area contributed by atoms with E-state index in [4.69, 9.17) is 0 Å². The van der Waals surface area contributed by atoms with Crippen molar-refractivity contribution < 1.29 is 68.1 Å². The molecule has 0 aromatic heterocycles. The van der Waals surface area contributed by atoms with Crippen molar-refractivity contribution in [2.45, 2.75) is 260 Å². The Labute approximate surface area is 566 Å². The first-order valence-electron chi connectivity index (χ1n) is 33.7. The van der Waals surface area contributed by atoms with Crippen LogP contribution in [0.1, 0.15) is 176 Å². The van der Waals surface area contributed by atoms with Crippen LogP contribution in [0.2, 0.25) is 0 Å². The van der Waals surface area contributed by atoms with Gasteiger partial charge in [-0.3, -0.25) is 52.7 Å². The van der Waals surface area contributed by atoms with Crippen LogP contribution < -0.4 is 21.3 Å². The zero-order valence-corrected chi connectivity index (χ0v) is 62.4. The topological polar surface area (TPSA) is 319 Å². The Hall–Kier alpha value is -5.86. The Morgan fingerprint density at radius 3 is 1.40 bits per heavy atom. The Morgan fingerprint density at radius 1 is 0.500 bits per heavy atom. The van der Waals surface area contributed by atoms with Gasteiger partial charge in [0.15, 0.2) is 0 Å². The predicted molar refractivity (Wildman–Crippen MR) is 367 cm³/mol. The van der Waals surface area contributed by atoms with E-state index in [9.17, 15) is 39.3 Å². The molecular formula is C68H123N11O14S. The minimum Gasteiger partial charge on any atom is -0.393 e. The summed E-state index contributed by atoms with van der Waals surface area (Å²) in [7, 11) is 9.77. The number of hydrogen-bond donors (Lipinski definition) is 7. The summed E-state index contributed by atoms with van der Waals surface area (Å²) >= 11 is 1.31. The van der Waals surface area contributed by atoms with E-state index < -0.39 is 167 Å². The summed E-state index contributed by atoms with van der Waals surface area (Å²) in [6, 6.07) is -14.6. The van der Waals surface area contributed by atoms with Gasteiger partial charge in [-0.15, -0.1) is 0 Å². The number of aliphatic hydroxyl groups excluding tert-OH is 2. The molecule has 11 amide bonds. The number of aliphatic hydroxyl groups is 3. The van der Waals surface area contributed by atoms with E-state index in [1.807, 2.05) is 41.5 Å². The van der Waals surface area contributed by atoms with Crippen LogP contribution in [0.15, 0.2) is 12.2 Å². The second kappa shape index (κ2) is 39.4. The summed E-state index contributed by atoms with van der Waals surface area (Å²) in [5, 5.41) is 44.7. The molecule has 1 rings (SSSR count). The highest BCUT2D eigenvalue weighted by Crippen LogP contribution is 2.27. The van der Waals surface area contributed by atoms with E-state index in [2.05, 4.69) is 21.3 Å². The molecule has 0 radical (unpaired) electrons. The molecule has 25 nitrogen and oxygen atoms in total. The third-order valence-corrected chi connectivity index (χ3v) is 18.7. The van der Waals surface area contributed by atoms with Crippen LogP contribution >= 0.6 is 11.8 Å². The molecule has 1 aliphatic heterocycles. The fourth-order valence-electron chi connectivity index (χ4n) is 11.7. The maximum absolute atomic E-state index is 15.3. The minimum absolute atomic E-state index is 0.0392. The van der Waals surface area contributed by atoms with Crippen molar-refractivity contribution in [2.75, 3.05) is 60.8 Å². The van der Waals surface area contributed by atoms with E-state index in [1.54, 1.807) is 67.5 Å². The first kappa shape index (κ1) is 86.2. The van der Waals surface area contributed by atoms with E-state index >= 15 is 28.8 Å². The maximum Gasteiger partial charge on any atom is 0.246 e. The molecule has 1 aliphatic rings. The third kappa shape index (κ3) is 25.3. The molecular weight excluding hydrogens is 1230 g/mol. The highest BCUT2D eigenvalue weighted by molar-refractivity contribution is 7.99. The standard InChI is InChI=1S/C68H123N11O14S/c1-26-28-30-43(13)56(81)55-60(85)71-47(27-2)62(87)77(23)52(37-94-32-29-31-44(14)80)65(90)76(22)51(36-68(17,18)93)59(84)72-53(41(9)10)66(91)73(19)48(33-38(3)4)58(83)69-45(15)57(82)70-46(16)61(86)74(20)49(34-39(5)6)63(88)75(21)50(35-40(7)8)64(89)78(24)54(42(11)12)67(92)79(55)25/h26,28,38-56,80-81,93H,27,29-37H2,1-25H3,(H,69,83)(H,70,82)(H,71,85)(H,72,84)/b28-26+/t43-,44+,45+,46-,47+,48+,49+,50+,51+,52-,53+,54+,55+,56-/m1/s1. The van der Waals surface area contributed by atoms with Gasteiger partial charge in [0, 0.05) is 61.5 Å². The molecule has 0 unspecified atom stereocenters. The number of carbonyl (C=O) groups excluding carboxylic acids is 11. The Balaban J connectivity index is 4.57. The van der Waals surface area contributed by atoms with Crippen molar-refractivity contribution >= 4 is 76.7 Å². The molecule has 0 aliphatic carbocycles. The maximum atomic E-state index is 15.3. The molecule has 0 saturated carbocycles. The highest BCUT2D eigenvalue weighted by Gasteiger charge is 2.47. The van der Waals surface area contributed by atoms with Gasteiger partial charge in [0.1, 0.15) is 66.5 Å². The number of nitrogens with one attached hydrogen (secondary N) is 4. The van der Waals surface area contributed by atoms with Crippen LogP contribution in [0.5, 0.6) is 0 Å². The lowest BCUT2D eigenvalue weighted by Gasteiger charge is -2.41. The van der Waals surface area contributed by atoms with E-state index in [-0.39, 0.29) is 62.0 Å². The molecule has 1 fully saturated rings. The second-order valence-electron chi connectivity index (χ2n) is 28.8. The number of nitrogens with zero attached hydrogens (tertiary/aromatic N) is 7. The summed E-state index contributed by atoms with van der Waals surface area (Å²) in [6.45, 7) is 30.4. The molecule has 1 saturated heterocycles. The Bertz CT molecular complexity index is 2560. The Kier molecular flexibility index (Phi) is 36.1. The van der Waals surface area contributed by atoms with Crippen LogP contribution in [0.25, 0.3) is 0 Å². The average Bonchev–Trinajstić information content (AvgIpc) is 0.810. The van der Waals surface area contributed by atoms with Crippen molar-refractivity contribution in [3.8, 4) is 0 Å². The quantitative estimate of drug-likeness (QED) is 0.0637. The van der Waals surface area contributed by atoms with Gasteiger partial charge >= 0.3 is 0 Å². The number of likely N-dealkylation sites (N-methyl/N-ethyl adjacent to an activating group) is 7. The van der Waals surface area contributed by atoms with E-state index in [0.717, 1.165) is 9.80 Å². The molecule has 94 heavy (non-hydrogen) atoms. The number of hydrogen-bond acceptors (Lipinski definition) is 15. The monoisotopic (exact) mass is 1350 g/mol. The van der Waals surface area contributed by atoms with Crippen LogP contribution in [0.3, 0.4) is 0 Å². The normalized spacial score (nSPS) is 26.8. The van der Waals surface area contributed by atoms with Crippen molar-refractivity contribution in [1.82, 2.24) is 55.6 Å². The molecule has 0 aromatic carbocycles. The summed E-state index contributed by atoms with van der Waals surface area (Å²) in [4.78, 5) is 172. The molecule has 1 heterocycles. The smallest absolute Gasteiger partial charge is 0.246 e. The van der Waals surface area contributed by atoms with Gasteiger partial charge in [-0.1, -0.05) is 95.2 Å². The van der Waals surface area contributed by atoms with E-state index in [0.29, 0.717) is 18.6 Å². The molecule has 7 N–H and O–H groups in total. The first-order chi connectivity index (χ1) is 43.3. The summed E-state index contributed by atoms with van der Waals surface area (Å²) in [6.07, 6.45) is 2.63.